The van der Waals surface area contributed by atoms with E-state index < -0.39 is 13.5 Å². The van der Waals surface area contributed by atoms with Gasteiger partial charge in [0.1, 0.15) is 0 Å². The van der Waals surface area contributed by atoms with Crippen molar-refractivity contribution in [3.63, 3.8) is 0 Å². The van der Waals surface area contributed by atoms with E-state index in [0.717, 1.165) is 24.7 Å². The first-order valence-electron chi connectivity index (χ1n) is 19.4. The predicted octanol–water partition coefficient (Wildman–Crippen LogP) is 12.4. The molecule has 7 rings (SSSR count). The van der Waals surface area contributed by atoms with Crippen LogP contribution in [0.25, 0.3) is 0 Å². The molecule has 48 heavy (non-hydrogen) atoms. The summed E-state index contributed by atoms with van der Waals surface area (Å²) in [5, 5.41) is 3.35. The predicted molar refractivity (Wildman–Crippen MR) is 215 cm³/mol. The van der Waals surface area contributed by atoms with Gasteiger partial charge in [-0.15, -0.1) is 0 Å². The van der Waals surface area contributed by atoms with Gasteiger partial charge in [-0.05, 0) is 108 Å². The molecule has 4 fully saturated rings. The maximum absolute atomic E-state index is 5.67. The molecular weight excluding hydrogens is 735 g/mol. The standard InChI is InChI=1S/C18H33P.C10H16N2.C7H10.C7H6.2ClH.Ru/c1-4-10-16(11-5-1)19(17-12-6-2-7-13-17)18-14-8-3-9-15-18;1-9-4-2-3-5-10(9)12-7-6-11-8-12;2*1-7-5-3-2-4-6-7;;;/h16-18H,1-15H2;2-3,5,9,11H,4,6-8H2,1H3;2-5,7H,6H2,1H3;1-6H;2*1H;/q;;;;;;+2/p-1. The van der Waals surface area contributed by atoms with Crippen molar-refractivity contribution in [2.75, 3.05) is 19.8 Å². The summed E-state index contributed by atoms with van der Waals surface area (Å²) >= 11 is -1.61. The number of benzene rings is 1. The van der Waals surface area contributed by atoms with Crippen LogP contribution in [0.4, 0.5) is 0 Å². The van der Waals surface area contributed by atoms with E-state index in [1.54, 1.807) is 96.3 Å². The topological polar surface area (TPSA) is 15.3 Å². The Kier molecular flexibility index (Phi) is 20.0. The molecule has 0 spiro atoms. The van der Waals surface area contributed by atoms with Gasteiger partial charge in [0.25, 0.3) is 0 Å². The summed E-state index contributed by atoms with van der Waals surface area (Å²) in [5.74, 6) is 1.47. The number of nitrogens with zero attached hydrogens (tertiary/aromatic N) is 1. The van der Waals surface area contributed by atoms with E-state index in [-0.39, 0.29) is 7.92 Å². The van der Waals surface area contributed by atoms with E-state index in [1.807, 2.05) is 34.9 Å². The van der Waals surface area contributed by atoms with Gasteiger partial charge in [-0.25, -0.2) is 0 Å². The molecule has 6 heteroatoms. The Morgan fingerprint density at radius 3 is 1.71 bits per heavy atom. The summed E-state index contributed by atoms with van der Waals surface area (Å²) in [5.41, 5.74) is 6.30. The number of nitrogens with one attached hydrogen (secondary N) is 1. The van der Waals surface area contributed by atoms with Crippen molar-refractivity contribution in [3.8, 4) is 0 Å². The third-order valence-corrected chi connectivity index (χ3v) is 17.5. The number of allylic oxidation sites excluding steroid dienone is 8. The Bertz CT molecular complexity index is 1110. The SMILES string of the molecule is C1CCC([PH+](C2CCCCC2)C2CCCCC2)CC1.CC1C=CC=CC1.CC1CC=CC=C1N1CCNC1.[Cl][Ru]([Cl])=[CH]c1ccccc1. The molecule has 1 N–H and O–H groups in total. The Morgan fingerprint density at radius 1 is 0.729 bits per heavy atom. The van der Waals surface area contributed by atoms with Crippen molar-refractivity contribution in [2.24, 2.45) is 11.8 Å². The van der Waals surface area contributed by atoms with Crippen LogP contribution in [0.5, 0.6) is 0 Å². The van der Waals surface area contributed by atoms with Crippen LogP contribution in [-0.2, 0) is 13.5 Å². The Balaban J connectivity index is 0.000000155. The van der Waals surface area contributed by atoms with Crippen molar-refractivity contribution in [2.45, 2.75) is 140 Å². The Morgan fingerprint density at radius 2 is 1.29 bits per heavy atom. The van der Waals surface area contributed by atoms with Gasteiger partial charge in [0, 0.05) is 26.7 Å². The van der Waals surface area contributed by atoms with Gasteiger partial charge in [0.2, 0.25) is 0 Å². The van der Waals surface area contributed by atoms with Crippen LogP contribution in [0.15, 0.2) is 78.6 Å². The molecule has 0 amide bonds. The molecule has 1 saturated heterocycles. The zero-order chi connectivity index (χ0) is 33.8. The van der Waals surface area contributed by atoms with Crippen LogP contribution in [-0.4, -0.2) is 46.2 Å². The molecule has 2 atom stereocenters. The van der Waals surface area contributed by atoms with Crippen molar-refractivity contribution >= 4 is 31.9 Å². The fourth-order valence-corrected chi connectivity index (χ4v) is 15.6. The van der Waals surface area contributed by atoms with Gasteiger partial charge in [0.05, 0.1) is 23.6 Å². The average molecular weight is 802 g/mol. The summed E-state index contributed by atoms with van der Waals surface area (Å²) in [6.45, 7) is 7.86. The van der Waals surface area contributed by atoms with Crippen LogP contribution in [0.1, 0.15) is 129 Å². The van der Waals surface area contributed by atoms with E-state index in [2.05, 4.69) is 66.6 Å². The van der Waals surface area contributed by atoms with Crippen molar-refractivity contribution in [1.29, 1.82) is 0 Å². The van der Waals surface area contributed by atoms with Gasteiger partial charge in [-0.3, -0.25) is 5.32 Å². The molecule has 1 heterocycles. The molecule has 1 aliphatic heterocycles. The second-order valence-corrected chi connectivity index (χ2v) is 24.0. The fourth-order valence-electron chi connectivity index (χ4n) is 8.50. The zero-order valence-electron chi connectivity index (χ0n) is 30.1. The van der Waals surface area contributed by atoms with Gasteiger partial charge in [0.15, 0.2) is 0 Å². The summed E-state index contributed by atoms with van der Waals surface area (Å²) in [6.07, 6.45) is 41.5. The van der Waals surface area contributed by atoms with Crippen LogP contribution in [0.2, 0.25) is 0 Å². The Labute approximate surface area is 309 Å². The second-order valence-electron chi connectivity index (χ2n) is 14.8. The summed E-state index contributed by atoms with van der Waals surface area (Å²) < 4.78 is 1.92. The zero-order valence-corrected chi connectivity index (χ0v) is 34.3. The number of halogens is 2. The van der Waals surface area contributed by atoms with Gasteiger partial charge < -0.3 is 4.90 Å². The van der Waals surface area contributed by atoms with Crippen molar-refractivity contribution < 1.29 is 13.5 Å². The van der Waals surface area contributed by atoms with Gasteiger partial charge >= 0.3 is 73.4 Å². The van der Waals surface area contributed by atoms with E-state index in [1.165, 1.54) is 42.1 Å². The number of hydrogen-bond donors (Lipinski definition) is 1. The summed E-state index contributed by atoms with van der Waals surface area (Å²) in [7, 11) is 11.3. The van der Waals surface area contributed by atoms with Crippen molar-refractivity contribution in [3.05, 3.63) is 84.1 Å². The minimum absolute atomic E-state index is 0.0465. The van der Waals surface area contributed by atoms with Crippen LogP contribution in [0, 0.1) is 11.8 Å². The first-order valence-corrected chi connectivity index (χ1v) is 26.6. The quantitative estimate of drug-likeness (QED) is 0.236. The molecule has 1 aromatic carbocycles. The molecule has 0 radical (unpaired) electrons. The molecule has 6 aliphatic rings. The van der Waals surface area contributed by atoms with Crippen LogP contribution >= 0.6 is 27.3 Å². The fraction of sp³-hybridized carbons (Fsp3) is 0.643. The molecule has 5 aliphatic carbocycles. The monoisotopic (exact) mass is 801 g/mol. The molecule has 2 unspecified atom stereocenters. The van der Waals surface area contributed by atoms with Crippen molar-refractivity contribution in [1.82, 2.24) is 10.2 Å². The normalized spacial score (nSPS) is 25.1. The first-order chi connectivity index (χ1) is 23.5. The van der Waals surface area contributed by atoms with E-state index >= 15 is 0 Å². The Hall–Kier alpha value is -0.557. The third-order valence-electron chi connectivity index (χ3n) is 11.0. The molecule has 270 valence electrons. The first kappa shape index (κ1) is 40.2. The average Bonchev–Trinajstić information content (AvgIpc) is 3.67. The molecule has 3 saturated carbocycles. The molecule has 0 bridgehead atoms. The van der Waals surface area contributed by atoms with Crippen LogP contribution in [0.3, 0.4) is 0 Å². The third kappa shape index (κ3) is 15.0. The van der Waals surface area contributed by atoms with Gasteiger partial charge in [-0.1, -0.05) is 69.6 Å². The van der Waals surface area contributed by atoms with E-state index in [0.29, 0.717) is 5.92 Å². The molecular formula is C42H66Cl2N2PRu+. The van der Waals surface area contributed by atoms with Gasteiger partial charge in [-0.2, -0.15) is 0 Å². The number of hydrogen-bond acceptors (Lipinski definition) is 2. The minimum atomic E-state index is -1.61. The van der Waals surface area contributed by atoms with E-state index in [9.17, 15) is 0 Å². The van der Waals surface area contributed by atoms with Crippen LogP contribution < -0.4 is 5.32 Å². The van der Waals surface area contributed by atoms with E-state index in [4.69, 9.17) is 19.4 Å². The molecule has 2 nitrogen and oxygen atoms in total. The summed E-state index contributed by atoms with van der Waals surface area (Å²) in [6, 6.07) is 9.89. The number of rotatable bonds is 5. The molecule has 1 aromatic rings. The maximum atomic E-state index is 5.67. The summed E-state index contributed by atoms with van der Waals surface area (Å²) in [4.78, 5) is 2.44. The second kappa shape index (κ2) is 23.8. The molecule has 0 aromatic heterocycles.